The predicted molar refractivity (Wildman–Crippen MR) is 62.9 cm³/mol. The van der Waals surface area contributed by atoms with Gasteiger partial charge < -0.3 is 0 Å². The number of hydrogen-bond donors (Lipinski definition) is 0. The highest BCUT2D eigenvalue weighted by Crippen LogP contribution is 2.45. The summed E-state index contributed by atoms with van der Waals surface area (Å²) < 4.78 is 23.6. The molecule has 6 heteroatoms. The first-order valence-corrected chi connectivity index (χ1v) is 7.92. The fraction of sp³-hybridized carbons (Fsp3) is 0.700. The summed E-state index contributed by atoms with van der Waals surface area (Å²) in [5.74, 6) is 1.06. The van der Waals surface area contributed by atoms with Gasteiger partial charge in [0.15, 0.2) is 5.78 Å². The zero-order valence-electron chi connectivity index (χ0n) is 8.92. The van der Waals surface area contributed by atoms with Crippen molar-refractivity contribution in [3.63, 3.8) is 0 Å². The van der Waals surface area contributed by atoms with Gasteiger partial charge in [-0.1, -0.05) is 6.08 Å². The lowest BCUT2D eigenvalue weighted by Gasteiger charge is -2.30. The SMILES string of the molecule is CN1[C@@H]2CC3([C@H]1C=CC2=O)S(=O)CCS3=O. The van der Waals surface area contributed by atoms with E-state index in [0.29, 0.717) is 17.9 Å². The summed E-state index contributed by atoms with van der Waals surface area (Å²) in [7, 11) is -0.298. The summed E-state index contributed by atoms with van der Waals surface area (Å²) in [5.41, 5.74) is 0. The van der Waals surface area contributed by atoms with Gasteiger partial charge in [0, 0.05) is 39.5 Å². The Morgan fingerprint density at radius 2 is 2.00 bits per heavy atom. The van der Waals surface area contributed by atoms with Crippen LogP contribution in [0.25, 0.3) is 0 Å². The molecule has 88 valence electrons. The Bertz CT molecular complexity index is 429. The van der Waals surface area contributed by atoms with Crippen LogP contribution in [0.2, 0.25) is 0 Å². The molecule has 3 aliphatic rings. The number of rotatable bonds is 0. The van der Waals surface area contributed by atoms with E-state index in [-0.39, 0.29) is 17.9 Å². The molecular weight excluding hydrogens is 246 g/mol. The molecule has 3 aliphatic heterocycles. The van der Waals surface area contributed by atoms with E-state index in [9.17, 15) is 13.2 Å². The zero-order valence-corrected chi connectivity index (χ0v) is 10.6. The van der Waals surface area contributed by atoms with Gasteiger partial charge in [0.25, 0.3) is 0 Å². The standard InChI is InChI=1S/C10H13NO3S2/c1-11-7-6-10(9(11)3-2-8(7)12)15(13)4-5-16(10)14/h2-3,7,9H,4-6H2,1H3/t7-,9-,10?,15?,16?/m1/s1. The highest BCUT2D eigenvalue weighted by atomic mass is 32.3. The van der Waals surface area contributed by atoms with Gasteiger partial charge in [-0.05, 0) is 13.1 Å². The van der Waals surface area contributed by atoms with Crippen molar-refractivity contribution in [2.45, 2.75) is 22.6 Å². The fourth-order valence-corrected chi connectivity index (χ4v) is 7.92. The third-order valence-electron chi connectivity index (χ3n) is 3.85. The van der Waals surface area contributed by atoms with Gasteiger partial charge in [0.05, 0.1) is 12.1 Å². The van der Waals surface area contributed by atoms with E-state index in [2.05, 4.69) is 0 Å². The number of hydrogen-bond acceptors (Lipinski definition) is 4. The summed E-state index contributed by atoms with van der Waals surface area (Å²) in [4.78, 5) is 13.6. The average Bonchev–Trinajstić information content (AvgIpc) is 2.62. The highest BCUT2D eigenvalue weighted by molar-refractivity contribution is 8.07. The third kappa shape index (κ3) is 1.10. The largest absolute Gasteiger partial charge is 0.293 e. The molecule has 0 aromatic rings. The summed E-state index contributed by atoms with van der Waals surface area (Å²) in [6.45, 7) is 0. The molecule has 0 aliphatic carbocycles. The van der Waals surface area contributed by atoms with Gasteiger partial charge in [-0.15, -0.1) is 0 Å². The fourth-order valence-electron chi connectivity index (χ4n) is 2.97. The Labute approximate surface area is 99.0 Å². The van der Waals surface area contributed by atoms with Gasteiger partial charge in [0.1, 0.15) is 4.08 Å². The molecule has 1 spiro atoms. The Balaban J connectivity index is 2.13. The number of ketones is 1. The van der Waals surface area contributed by atoms with Crippen molar-refractivity contribution >= 4 is 27.4 Å². The number of nitrogens with zero attached hydrogens (tertiary/aromatic N) is 1. The molecule has 2 unspecified atom stereocenters. The topological polar surface area (TPSA) is 54.5 Å². The quantitative estimate of drug-likeness (QED) is 0.583. The Kier molecular flexibility index (Phi) is 2.25. The molecule has 2 saturated heterocycles. The van der Waals surface area contributed by atoms with E-state index in [0.717, 1.165) is 0 Å². The molecule has 3 heterocycles. The first-order chi connectivity index (χ1) is 7.57. The number of carbonyl (C=O) groups is 1. The molecule has 0 aromatic heterocycles. The van der Waals surface area contributed by atoms with E-state index >= 15 is 0 Å². The minimum Gasteiger partial charge on any atom is -0.293 e. The van der Waals surface area contributed by atoms with E-state index < -0.39 is 25.7 Å². The minimum absolute atomic E-state index is 0.0523. The second kappa shape index (κ2) is 3.34. The van der Waals surface area contributed by atoms with Gasteiger partial charge in [-0.25, -0.2) is 0 Å². The molecule has 2 fully saturated rings. The van der Waals surface area contributed by atoms with Gasteiger partial charge in [0.2, 0.25) is 0 Å². The molecule has 4 atom stereocenters. The van der Waals surface area contributed by atoms with Crippen LogP contribution in [0.1, 0.15) is 6.42 Å². The first-order valence-electron chi connectivity index (χ1n) is 5.28. The maximum atomic E-state index is 12.1. The Hall–Kier alpha value is -0.330. The van der Waals surface area contributed by atoms with Gasteiger partial charge in [-0.3, -0.25) is 18.1 Å². The van der Waals surface area contributed by atoms with Crippen LogP contribution in [0.4, 0.5) is 0 Å². The van der Waals surface area contributed by atoms with Crippen LogP contribution >= 0.6 is 0 Å². The summed E-state index contributed by atoms with van der Waals surface area (Å²) in [6, 6.07) is -0.319. The number of carbonyl (C=O) groups excluding carboxylic acids is 1. The van der Waals surface area contributed by atoms with Gasteiger partial charge in [-0.2, -0.15) is 0 Å². The molecule has 0 amide bonds. The van der Waals surface area contributed by atoms with Crippen LogP contribution in [0.15, 0.2) is 12.2 Å². The van der Waals surface area contributed by atoms with Crippen LogP contribution in [0.3, 0.4) is 0 Å². The van der Waals surface area contributed by atoms with Crippen molar-refractivity contribution in [2.24, 2.45) is 0 Å². The average molecular weight is 259 g/mol. The Morgan fingerprint density at radius 1 is 1.38 bits per heavy atom. The smallest absolute Gasteiger partial charge is 0.172 e. The van der Waals surface area contributed by atoms with Crippen LogP contribution in [0.5, 0.6) is 0 Å². The molecule has 0 radical (unpaired) electrons. The van der Waals surface area contributed by atoms with Crippen molar-refractivity contribution in [3.05, 3.63) is 12.2 Å². The molecule has 3 rings (SSSR count). The second-order valence-electron chi connectivity index (χ2n) is 4.50. The number of likely N-dealkylation sites (N-methyl/N-ethyl adjacent to an activating group) is 1. The Morgan fingerprint density at radius 3 is 2.56 bits per heavy atom. The van der Waals surface area contributed by atoms with E-state index in [4.69, 9.17) is 0 Å². The highest BCUT2D eigenvalue weighted by Gasteiger charge is 2.62. The van der Waals surface area contributed by atoms with Crippen molar-refractivity contribution in [3.8, 4) is 0 Å². The van der Waals surface area contributed by atoms with Crippen LogP contribution in [0, 0.1) is 0 Å². The number of fused-ring (bicyclic) bond motifs is 3. The summed E-state index contributed by atoms with van der Waals surface area (Å²) in [5, 5.41) is 0. The van der Waals surface area contributed by atoms with Crippen molar-refractivity contribution < 1.29 is 13.2 Å². The van der Waals surface area contributed by atoms with E-state index in [1.807, 2.05) is 11.9 Å². The maximum absolute atomic E-state index is 12.1. The normalized spacial score (nSPS) is 51.7. The monoisotopic (exact) mass is 259 g/mol. The first kappa shape index (κ1) is 10.8. The van der Waals surface area contributed by atoms with Crippen LogP contribution < -0.4 is 0 Å². The molecular formula is C10H13NO3S2. The minimum atomic E-state index is -1.08. The lowest BCUT2D eigenvalue weighted by molar-refractivity contribution is -0.119. The third-order valence-corrected chi connectivity index (χ3v) is 8.74. The van der Waals surface area contributed by atoms with Crippen molar-refractivity contribution in [2.75, 3.05) is 18.6 Å². The van der Waals surface area contributed by atoms with E-state index in [1.165, 1.54) is 0 Å². The summed E-state index contributed by atoms with van der Waals surface area (Å²) in [6.07, 6.45) is 3.84. The second-order valence-corrected chi connectivity index (χ2v) is 8.42. The van der Waals surface area contributed by atoms with E-state index in [1.54, 1.807) is 12.2 Å². The maximum Gasteiger partial charge on any atom is 0.172 e. The molecule has 0 saturated carbocycles. The lowest BCUT2D eigenvalue weighted by Crippen LogP contribution is -2.47. The van der Waals surface area contributed by atoms with Crippen molar-refractivity contribution in [1.82, 2.24) is 4.90 Å². The van der Waals surface area contributed by atoms with Crippen LogP contribution in [-0.4, -0.2) is 53.8 Å². The van der Waals surface area contributed by atoms with Gasteiger partial charge >= 0.3 is 0 Å². The molecule has 16 heavy (non-hydrogen) atoms. The zero-order chi connectivity index (χ0) is 11.5. The van der Waals surface area contributed by atoms with Crippen molar-refractivity contribution in [1.29, 1.82) is 0 Å². The summed E-state index contributed by atoms with van der Waals surface area (Å²) >= 11 is 0. The lowest BCUT2D eigenvalue weighted by atomic mass is 10.1. The van der Waals surface area contributed by atoms with Crippen LogP contribution in [-0.2, 0) is 26.4 Å². The molecule has 4 nitrogen and oxygen atoms in total. The predicted octanol–water partition coefficient (Wildman–Crippen LogP) is -0.595. The molecule has 0 N–H and O–H groups in total. The molecule has 2 bridgehead atoms. The molecule has 0 aromatic carbocycles.